The summed E-state index contributed by atoms with van der Waals surface area (Å²) >= 11 is 5.99. The zero-order chi connectivity index (χ0) is 15.1. The lowest BCUT2D eigenvalue weighted by atomic mass is 9.76. The van der Waals surface area contributed by atoms with Gasteiger partial charge in [0.15, 0.2) is 0 Å². The van der Waals surface area contributed by atoms with Gasteiger partial charge in [0.1, 0.15) is 0 Å². The van der Waals surface area contributed by atoms with Crippen molar-refractivity contribution in [3.63, 3.8) is 0 Å². The van der Waals surface area contributed by atoms with Crippen molar-refractivity contribution < 1.29 is 18.1 Å². The second kappa shape index (κ2) is 5.24. The van der Waals surface area contributed by atoms with Gasteiger partial charge in [0.25, 0.3) is 0 Å². The predicted molar refractivity (Wildman–Crippen MR) is 74.7 cm³/mol. The lowest BCUT2D eigenvalue weighted by Gasteiger charge is -2.32. The van der Waals surface area contributed by atoms with Crippen LogP contribution in [-0.2, 0) is 15.7 Å². The molecule has 0 unspecified atom stereocenters. The van der Waals surface area contributed by atoms with Crippen LogP contribution in [0.15, 0.2) is 12.4 Å². The lowest BCUT2D eigenvalue weighted by Crippen LogP contribution is -2.41. The molecule has 20 heavy (non-hydrogen) atoms. The van der Waals surface area contributed by atoms with Crippen LogP contribution in [0.4, 0.5) is 8.78 Å². The van der Waals surface area contributed by atoms with Gasteiger partial charge in [-0.15, -0.1) is 0 Å². The largest absolute Gasteiger partial charge is 0.496 e. The second-order valence-electron chi connectivity index (χ2n) is 5.87. The van der Waals surface area contributed by atoms with Gasteiger partial charge in [-0.3, -0.25) is 4.98 Å². The van der Waals surface area contributed by atoms with E-state index in [1.165, 1.54) is 12.4 Å². The molecule has 110 valence electrons. The Bertz CT molecular complexity index is 495. The molecule has 0 aliphatic carbocycles. The standard InChI is InChI=1S/C13H17BClF2NO2/c1-12(2)13(3,4)20-14(19-12)9-6-18-7-10(15)8(9)5-11(16)17/h6-7,11H,5H2,1-4H3. The lowest BCUT2D eigenvalue weighted by molar-refractivity contribution is 0.00578. The molecular weight excluding hydrogens is 286 g/mol. The molecule has 0 amide bonds. The highest BCUT2D eigenvalue weighted by atomic mass is 35.5. The van der Waals surface area contributed by atoms with Gasteiger partial charge in [0.2, 0.25) is 6.43 Å². The molecule has 2 rings (SSSR count). The van der Waals surface area contributed by atoms with Crippen molar-refractivity contribution in [2.45, 2.75) is 51.7 Å². The van der Waals surface area contributed by atoms with Crippen molar-refractivity contribution in [1.82, 2.24) is 4.98 Å². The molecule has 0 atom stereocenters. The van der Waals surface area contributed by atoms with Gasteiger partial charge in [-0.1, -0.05) is 11.6 Å². The van der Waals surface area contributed by atoms with Crippen LogP contribution < -0.4 is 5.46 Å². The summed E-state index contributed by atoms with van der Waals surface area (Å²) in [5.41, 5.74) is -0.281. The number of pyridine rings is 1. The summed E-state index contributed by atoms with van der Waals surface area (Å²) in [5.74, 6) is 0. The van der Waals surface area contributed by atoms with Gasteiger partial charge in [-0.2, -0.15) is 0 Å². The van der Waals surface area contributed by atoms with E-state index in [4.69, 9.17) is 20.9 Å². The number of nitrogens with zero attached hydrogens (tertiary/aromatic N) is 1. The van der Waals surface area contributed by atoms with E-state index in [-0.39, 0.29) is 5.02 Å². The number of rotatable bonds is 3. The normalized spacial score (nSPS) is 20.7. The van der Waals surface area contributed by atoms with Gasteiger partial charge in [-0.25, -0.2) is 8.78 Å². The Morgan fingerprint density at radius 2 is 1.75 bits per heavy atom. The highest BCUT2D eigenvalue weighted by Crippen LogP contribution is 2.37. The molecule has 3 nitrogen and oxygen atoms in total. The first-order valence-electron chi connectivity index (χ1n) is 6.40. The van der Waals surface area contributed by atoms with Gasteiger partial charge in [0, 0.05) is 24.3 Å². The van der Waals surface area contributed by atoms with Crippen LogP contribution in [0.3, 0.4) is 0 Å². The van der Waals surface area contributed by atoms with E-state index in [1.54, 1.807) is 0 Å². The van der Waals surface area contributed by atoms with Gasteiger partial charge in [0.05, 0.1) is 16.2 Å². The van der Waals surface area contributed by atoms with Crippen molar-refractivity contribution in [3.05, 3.63) is 23.0 Å². The van der Waals surface area contributed by atoms with E-state index in [2.05, 4.69) is 4.98 Å². The maximum absolute atomic E-state index is 12.7. The Kier molecular flexibility index (Phi) is 4.11. The van der Waals surface area contributed by atoms with Crippen LogP contribution in [0.2, 0.25) is 5.02 Å². The van der Waals surface area contributed by atoms with Crippen LogP contribution in [0, 0.1) is 0 Å². The summed E-state index contributed by atoms with van der Waals surface area (Å²) in [7, 11) is -0.736. The Labute approximate surface area is 122 Å². The van der Waals surface area contributed by atoms with Crippen molar-refractivity contribution in [2.75, 3.05) is 0 Å². The maximum atomic E-state index is 12.7. The number of aromatic nitrogens is 1. The molecule has 1 saturated heterocycles. The molecule has 0 aromatic carbocycles. The molecule has 1 aliphatic rings. The fourth-order valence-electron chi connectivity index (χ4n) is 2.02. The Balaban J connectivity index is 2.37. The molecule has 1 aliphatic heterocycles. The molecule has 0 radical (unpaired) electrons. The third-order valence-corrected chi connectivity index (χ3v) is 4.23. The minimum absolute atomic E-state index is 0.206. The monoisotopic (exact) mass is 303 g/mol. The third-order valence-electron chi connectivity index (χ3n) is 3.90. The first kappa shape index (κ1) is 15.7. The SMILES string of the molecule is CC1(C)OB(c2cncc(Cl)c2CC(F)F)OC1(C)C. The average Bonchev–Trinajstić information content (AvgIpc) is 2.50. The van der Waals surface area contributed by atoms with Crippen LogP contribution in [0.5, 0.6) is 0 Å². The van der Waals surface area contributed by atoms with Crippen LogP contribution in [-0.4, -0.2) is 29.7 Å². The number of halogens is 3. The number of hydrogen-bond acceptors (Lipinski definition) is 3. The van der Waals surface area contributed by atoms with Crippen molar-refractivity contribution >= 4 is 24.2 Å². The van der Waals surface area contributed by atoms with E-state index in [1.807, 2.05) is 27.7 Å². The molecule has 2 heterocycles. The van der Waals surface area contributed by atoms with E-state index < -0.39 is 31.2 Å². The predicted octanol–water partition coefficient (Wildman–Crippen LogP) is 2.84. The van der Waals surface area contributed by atoms with Gasteiger partial charge < -0.3 is 9.31 Å². The molecule has 0 N–H and O–H groups in total. The van der Waals surface area contributed by atoms with Crippen molar-refractivity contribution in [3.8, 4) is 0 Å². The minimum atomic E-state index is -2.49. The Morgan fingerprint density at radius 1 is 1.20 bits per heavy atom. The van der Waals surface area contributed by atoms with E-state index in [0.29, 0.717) is 11.0 Å². The molecule has 1 aromatic rings. The molecule has 0 bridgehead atoms. The highest BCUT2D eigenvalue weighted by Gasteiger charge is 2.52. The molecule has 7 heteroatoms. The topological polar surface area (TPSA) is 31.4 Å². The van der Waals surface area contributed by atoms with Crippen LogP contribution in [0.25, 0.3) is 0 Å². The smallest absolute Gasteiger partial charge is 0.399 e. The third kappa shape index (κ3) is 2.82. The summed E-state index contributed by atoms with van der Waals surface area (Å²) in [4.78, 5) is 3.96. The quantitative estimate of drug-likeness (QED) is 0.805. The molecule has 0 spiro atoms. The molecule has 0 saturated carbocycles. The Hall–Kier alpha value is -0.715. The van der Waals surface area contributed by atoms with Gasteiger partial charge >= 0.3 is 7.12 Å². The van der Waals surface area contributed by atoms with E-state index >= 15 is 0 Å². The molecule has 1 aromatic heterocycles. The highest BCUT2D eigenvalue weighted by molar-refractivity contribution is 6.63. The summed E-state index contributed by atoms with van der Waals surface area (Å²) < 4.78 is 37.1. The number of hydrogen-bond donors (Lipinski definition) is 0. The van der Waals surface area contributed by atoms with Crippen molar-refractivity contribution in [2.24, 2.45) is 0 Å². The summed E-state index contributed by atoms with van der Waals surface area (Å²) in [6.07, 6.45) is -0.100. The van der Waals surface area contributed by atoms with Gasteiger partial charge in [-0.05, 0) is 33.3 Å². The summed E-state index contributed by atoms with van der Waals surface area (Å²) in [6.45, 7) is 7.60. The Morgan fingerprint density at radius 3 is 2.25 bits per heavy atom. The van der Waals surface area contributed by atoms with Crippen LogP contribution >= 0.6 is 11.6 Å². The minimum Gasteiger partial charge on any atom is -0.399 e. The van der Waals surface area contributed by atoms with E-state index in [0.717, 1.165) is 0 Å². The molecule has 1 fully saturated rings. The maximum Gasteiger partial charge on any atom is 0.496 e. The average molecular weight is 304 g/mol. The fourth-order valence-corrected chi connectivity index (χ4v) is 2.26. The molecular formula is C13H17BClF2NO2. The van der Waals surface area contributed by atoms with E-state index in [9.17, 15) is 8.78 Å². The summed E-state index contributed by atoms with van der Waals surface area (Å²) in [5, 5.41) is 0.206. The van der Waals surface area contributed by atoms with Crippen LogP contribution in [0.1, 0.15) is 33.3 Å². The first-order valence-corrected chi connectivity index (χ1v) is 6.78. The summed E-state index contributed by atoms with van der Waals surface area (Å²) in [6, 6.07) is 0. The first-order chi connectivity index (χ1) is 9.14. The van der Waals surface area contributed by atoms with Crippen molar-refractivity contribution in [1.29, 1.82) is 0 Å². The second-order valence-corrected chi connectivity index (χ2v) is 6.28. The fraction of sp³-hybridized carbons (Fsp3) is 0.615. The zero-order valence-corrected chi connectivity index (χ0v) is 12.7. The number of alkyl halides is 2. The zero-order valence-electron chi connectivity index (χ0n) is 11.9.